The summed E-state index contributed by atoms with van der Waals surface area (Å²) in [6.07, 6.45) is -1.72. The third-order valence-electron chi connectivity index (χ3n) is 5.62. The topological polar surface area (TPSA) is 64.4 Å². The minimum Gasteiger partial charge on any atom is -0.493 e. The molecule has 11 heteroatoms. The molecular weight excluding hydrogens is 462 g/mol. The van der Waals surface area contributed by atoms with Gasteiger partial charge in [-0.25, -0.2) is 17.8 Å². The highest BCUT2D eigenvalue weighted by molar-refractivity contribution is 7.89. The van der Waals surface area contributed by atoms with Gasteiger partial charge in [0.2, 0.25) is 0 Å². The zero-order valence-corrected chi connectivity index (χ0v) is 18.4. The Morgan fingerprint density at radius 1 is 1.12 bits per heavy atom. The van der Waals surface area contributed by atoms with Gasteiger partial charge in [0.15, 0.2) is 5.03 Å². The van der Waals surface area contributed by atoms with Gasteiger partial charge in [0, 0.05) is 38.2 Å². The van der Waals surface area contributed by atoms with E-state index in [2.05, 4.69) is 4.98 Å². The maximum atomic E-state index is 13.4. The largest absolute Gasteiger partial charge is 0.493 e. The first-order chi connectivity index (χ1) is 15.5. The molecule has 0 N–H and O–H groups in total. The van der Waals surface area contributed by atoms with Crippen molar-refractivity contribution in [3.05, 3.63) is 78.0 Å². The van der Waals surface area contributed by atoms with Crippen LogP contribution in [0.15, 0.2) is 66.1 Å². The van der Waals surface area contributed by atoms with E-state index < -0.39 is 27.6 Å². The van der Waals surface area contributed by atoms with E-state index in [0.717, 1.165) is 12.1 Å². The second kappa shape index (κ2) is 8.79. The zero-order valence-electron chi connectivity index (χ0n) is 17.5. The fourth-order valence-electron chi connectivity index (χ4n) is 3.90. The van der Waals surface area contributed by atoms with E-state index in [-0.39, 0.29) is 42.3 Å². The molecule has 6 nitrogen and oxygen atoms in total. The molecular formula is C22H21F4N3O3S. The molecule has 33 heavy (non-hydrogen) atoms. The molecule has 0 bridgehead atoms. The van der Waals surface area contributed by atoms with Gasteiger partial charge in [-0.1, -0.05) is 18.2 Å². The van der Waals surface area contributed by atoms with Gasteiger partial charge in [0.05, 0.1) is 18.5 Å². The number of hydrogen-bond acceptors (Lipinski definition) is 4. The summed E-state index contributed by atoms with van der Waals surface area (Å²) < 4.78 is 87.1. The molecule has 176 valence electrons. The van der Waals surface area contributed by atoms with Crippen molar-refractivity contribution in [2.24, 2.45) is 13.0 Å². The predicted molar refractivity (Wildman–Crippen MR) is 112 cm³/mol. The van der Waals surface area contributed by atoms with Gasteiger partial charge in [-0.05, 0) is 35.9 Å². The van der Waals surface area contributed by atoms with E-state index in [1.807, 2.05) is 0 Å². The van der Waals surface area contributed by atoms with Crippen molar-refractivity contribution >= 4 is 10.0 Å². The molecule has 1 aliphatic heterocycles. The summed E-state index contributed by atoms with van der Waals surface area (Å²) in [5.74, 6) is -1.10. The van der Waals surface area contributed by atoms with Crippen LogP contribution in [0.3, 0.4) is 0 Å². The number of rotatable bonds is 6. The second-order valence-electron chi connectivity index (χ2n) is 7.95. The van der Waals surface area contributed by atoms with Crippen molar-refractivity contribution in [2.45, 2.75) is 17.1 Å². The van der Waals surface area contributed by atoms with Crippen LogP contribution in [0, 0.1) is 11.7 Å². The quantitative estimate of drug-likeness (QED) is 0.496. The first-order valence-electron chi connectivity index (χ1n) is 10.1. The Labute approximate surface area is 188 Å². The Balaban J connectivity index is 1.58. The van der Waals surface area contributed by atoms with Crippen LogP contribution in [0.5, 0.6) is 5.75 Å². The standard InChI is InChI=1S/C22H21F4N3O3S/c1-28-12-21(27-14-28)33(30,31)29-10-16(20(11-29)15-5-7-18(23)8-6-15)13-32-19-4-2-3-17(9-19)22(24,25)26/h2-9,12,14,16,20H,10-11,13H2,1H3. The highest BCUT2D eigenvalue weighted by Crippen LogP contribution is 2.37. The number of sulfonamides is 1. The molecule has 1 aliphatic rings. The fraction of sp³-hybridized carbons (Fsp3) is 0.318. The van der Waals surface area contributed by atoms with Gasteiger partial charge in [0.25, 0.3) is 10.0 Å². The van der Waals surface area contributed by atoms with Crippen molar-refractivity contribution in [3.63, 3.8) is 0 Å². The van der Waals surface area contributed by atoms with E-state index in [1.165, 1.54) is 45.7 Å². The lowest BCUT2D eigenvalue weighted by atomic mass is 9.89. The van der Waals surface area contributed by atoms with E-state index in [4.69, 9.17) is 4.74 Å². The van der Waals surface area contributed by atoms with Crippen LogP contribution in [0.25, 0.3) is 0 Å². The Kier molecular flexibility index (Phi) is 6.19. The maximum Gasteiger partial charge on any atom is 0.416 e. The number of benzene rings is 2. The van der Waals surface area contributed by atoms with Gasteiger partial charge in [-0.2, -0.15) is 17.5 Å². The molecule has 0 spiro atoms. The lowest BCUT2D eigenvalue weighted by Crippen LogP contribution is -2.30. The number of ether oxygens (including phenoxy) is 1. The first kappa shape index (κ1) is 23.2. The van der Waals surface area contributed by atoms with Gasteiger partial charge in [-0.3, -0.25) is 0 Å². The van der Waals surface area contributed by atoms with Crippen LogP contribution in [0.1, 0.15) is 17.0 Å². The number of imidazole rings is 1. The van der Waals surface area contributed by atoms with Crippen molar-refractivity contribution in [2.75, 3.05) is 19.7 Å². The first-order valence-corrected chi connectivity index (χ1v) is 11.5. The van der Waals surface area contributed by atoms with Crippen LogP contribution in [-0.2, 0) is 23.2 Å². The second-order valence-corrected chi connectivity index (χ2v) is 9.84. The lowest BCUT2D eigenvalue weighted by Gasteiger charge is -2.19. The minimum atomic E-state index is -4.50. The van der Waals surface area contributed by atoms with E-state index in [0.29, 0.717) is 5.56 Å². The molecule has 0 aliphatic carbocycles. The minimum absolute atomic E-state index is 0.0163. The van der Waals surface area contributed by atoms with Crippen molar-refractivity contribution in [1.29, 1.82) is 0 Å². The number of hydrogen-bond donors (Lipinski definition) is 0. The summed E-state index contributed by atoms with van der Waals surface area (Å²) in [6.45, 7) is 0.179. The van der Waals surface area contributed by atoms with Crippen LogP contribution < -0.4 is 4.74 Å². The predicted octanol–water partition coefficient (Wildman–Crippen LogP) is 4.06. The summed E-state index contributed by atoms with van der Waals surface area (Å²) in [4.78, 5) is 3.94. The molecule has 4 rings (SSSR count). The Bertz CT molecular complexity index is 1230. The highest BCUT2D eigenvalue weighted by atomic mass is 32.2. The number of aromatic nitrogens is 2. The fourth-order valence-corrected chi connectivity index (χ4v) is 5.39. The summed E-state index contributed by atoms with van der Waals surface area (Å²) in [5.41, 5.74) is -0.117. The molecule has 0 amide bonds. The third kappa shape index (κ3) is 5.03. The average Bonchev–Trinajstić information content (AvgIpc) is 3.40. The number of nitrogens with zero attached hydrogens (tertiary/aromatic N) is 3. The summed E-state index contributed by atoms with van der Waals surface area (Å²) in [7, 11) is -2.23. The van der Waals surface area contributed by atoms with Crippen LogP contribution >= 0.6 is 0 Å². The third-order valence-corrected chi connectivity index (χ3v) is 7.33. The smallest absolute Gasteiger partial charge is 0.416 e. The van der Waals surface area contributed by atoms with Crippen molar-refractivity contribution in [3.8, 4) is 5.75 Å². The molecule has 2 aromatic carbocycles. The molecule has 1 saturated heterocycles. The summed E-state index contributed by atoms with van der Waals surface area (Å²) in [5, 5.41) is -0.0951. The summed E-state index contributed by atoms with van der Waals surface area (Å²) >= 11 is 0. The Morgan fingerprint density at radius 3 is 2.48 bits per heavy atom. The van der Waals surface area contributed by atoms with Crippen molar-refractivity contribution in [1.82, 2.24) is 13.9 Å². The van der Waals surface area contributed by atoms with Crippen molar-refractivity contribution < 1.29 is 30.7 Å². The normalized spacial score (nSPS) is 19.7. The monoisotopic (exact) mass is 483 g/mol. The molecule has 2 unspecified atom stereocenters. The number of halogens is 4. The molecule has 0 radical (unpaired) electrons. The van der Waals surface area contributed by atoms with Crippen LogP contribution in [-0.4, -0.2) is 42.0 Å². The van der Waals surface area contributed by atoms with Gasteiger partial charge >= 0.3 is 6.18 Å². The SMILES string of the molecule is Cn1cnc(S(=O)(=O)N2CC(COc3cccc(C(F)(F)F)c3)C(c3ccc(F)cc3)C2)c1. The maximum absolute atomic E-state index is 13.4. The lowest BCUT2D eigenvalue weighted by molar-refractivity contribution is -0.137. The molecule has 1 aromatic heterocycles. The Morgan fingerprint density at radius 2 is 1.85 bits per heavy atom. The molecule has 3 aromatic rings. The molecule has 2 heterocycles. The highest BCUT2D eigenvalue weighted by Gasteiger charge is 2.41. The zero-order chi connectivity index (χ0) is 23.8. The van der Waals surface area contributed by atoms with Crippen LogP contribution in [0.2, 0.25) is 0 Å². The van der Waals surface area contributed by atoms with E-state index in [9.17, 15) is 26.0 Å². The van der Waals surface area contributed by atoms with Gasteiger partial charge in [-0.15, -0.1) is 0 Å². The Hall–Kier alpha value is -2.92. The van der Waals surface area contributed by atoms with Gasteiger partial charge in [0.1, 0.15) is 11.6 Å². The number of aryl methyl sites for hydroxylation is 1. The average molecular weight is 483 g/mol. The summed E-state index contributed by atoms with van der Waals surface area (Å²) in [6, 6.07) is 10.3. The van der Waals surface area contributed by atoms with Crippen LogP contribution in [0.4, 0.5) is 17.6 Å². The van der Waals surface area contributed by atoms with E-state index in [1.54, 1.807) is 19.2 Å². The van der Waals surface area contributed by atoms with E-state index >= 15 is 0 Å². The number of alkyl halides is 3. The molecule has 0 saturated carbocycles. The van der Waals surface area contributed by atoms with Gasteiger partial charge < -0.3 is 9.30 Å². The molecule has 1 fully saturated rings. The molecule has 2 atom stereocenters.